The largest absolute Gasteiger partial charge is 0.393 e. The van der Waals surface area contributed by atoms with Crippen LogP contribution in [0.5, 0.6) is 0 Å². The zero-order valence-electron chi connectivity index (χ0n) is 14.7. The highest BCUT2D eigenvalue weighted by Crippen LogP contribution is 2.55. The third kappa shape index (κ3) is 2.26. The van der Waals surface area contributed by atoms with Crippen LogP contribution in [-0.2, 0) is 4.74 Å². The molecule has 0 aromatic heterocycles. The molecule has 0 aromatic carbocycles. The molecule has 3 saturated carbocycles. The highest BCUT2D eigenvalue weighted by Gasteiger charge is 2.60. The zero-order valence-corrected chi connectivity index (χ0v) is 14.7. The van der Waals surface area contributed by atoms with Gasteiger partial charge in [-0.1, -0.05) is 13.8 Å². The van der Waals surface area contributed by atoms with Crippen LogP contribution in [0.15, 0.2) is 0 Å². The molecule has 3 nitrogen and oxygen atoms in total. The van der Waals surface area contributed by atoms with Crippen molar-refractivity contribution in [2.45, 2.75) is 102 Å². The zero-order chi connectivity index (χ0) is 15.7. The number of fused-ring (bicyclic) bond motifs is 5. The number of nitrogens with zero attached hydrogens (tertiary/aromatic N) is 1. The normalized spacial score (nSPS) is 59.1. The average Bonchev–Trinajstić information content (AvgIpc) is 2.82. The van der Waals surface area contributed by atoms with E-state index in [1.165, 1.54) is 38.5 Å². The summed E-state index contributed by atoms with van der Waals surface area (Å²) in [5, 5.41) is 10.3. The fourth-order valence-corrected chi connectivity index (χ4v) is 7.20. The van der Waals surface area contributed by atoms with Gasteiger partial charge in [0, 0.05) is 18.1 Å². The van der Waals surface area contributed by atoms with E-state index < -0.39 is 0 Å². The Bertz CT molecular complexity index is 469. The molecule has 0 amide bonds. The molecule has 2 aliphatic heterocycles. The molecule has 1 N–H and O–H groups in total. The van der Waals surface area contributed by atoms with E-state index in [2.05, 4.69) is 18.7 Å². The Labute approximate surface area is 140 Å². The maximum Gasteiger partial charge on any atom is 0.0740 e. The quantitative estimate of drug-likeness (QED) is 0.744. The smallest absolute Gasteiger partial charge is 0.0740 e. The van der Waals surface area contributed by atoms with Gasteiger partial charge in [-0.05, 0) is 75.0 Å². The number of morpholine rings is 1. The van der Waals surface area contributed by atoms with Gasteiger partial charge in [-0.2, -0.15) is 0 Å². The fraction of sp³-hybridized carbons (Fsp3) is 1.00. The summed E-state index contributed by atoms with van der Waals surface area (Å²) in [4.78, 5) is 2.97. The highest BCUT2D eigenvalue weighted by atomic mass is 16.5. The predicted molar refractivity (Wildman–Crippen MR) is 90.1 cm³/mol. The minimum absolute atomic E-state index is 0.0450. The summed E-state index contributed by atoms with van der Waals surface area (Å²) >= 11 is 0. The van der Waals surface area contributed by atoms with Gasteiger partial charge in [-0.3, -0.25) is 4.90 Å². The van der Waals surface area contributed by atoms with Crippen molar-refractivity contribution in [2.75, 3.05) is 0 Å². The minimum Gasteiger partial charge on any atom is -0.393 e. The van der Waals surface area contributed by atoms with Crippen molar-refractivity contribution in [3.63, 3.8) is 0 Å². The molecule has 10 unspecified atom stereocenters. The van der Waals surface area contributed by atoms with E-state index in [4.69, 9.17) is 4.74 Å². The van der Waals surface area contributed by atoms with Crippen LogP contribution in [-0.4, -0.2) is 46.4 Å². The van der Waals surface area contributed by atoms with Crippen LogP contribution < -0.4 is 0 Å². The van der Waals surface area contributed by atoms with Crippen LogP contribution in [0.4, 0.5) is 0 Å². The van der Waals surface area contributed by atoms with E-state index in [-0.39, 0.29) is 6.10 Å². The van der Waals surface area contributed by atoms with E-state index >= 15 is 0 Å². The minimum atomic E-state index is -0.0450. The van der Waals surface area contributed by atoms with Crippen LogP contribution in [0.2, 0.25) is 0 Å². The predicted octanol–water partition coefficient (Wildman–Crippen LogP) is 3.20. The molecule has 10 atom stereocenters. The number of hydrogen-bond donors (Lipinski definition) is 1. The lowest BCUT2D eigenvalue weighted by molar-refractivity contribution is -0.187. The first-order valence-corrected chi connectivity index (χ1v) is 10.2. The van der Waals surface area contributed by atoms with Crippen molar-refractivity contribution in [2.24, 2.45) is 23.7 Å². The Morgan fingerprint density at radius 2 is 1.57 bits per heavy atom. The Hall–Kier alpha value is -0.120. The number of aliphatic hydroxyl groups is 1. The topological polar surface area (TPSA) is 32.7 Å². The summed E-state index contributed by atoms with van der Waals surface area (Å²) in [6.07, 6.45) is 10.8. The maximum atomic E-state index is 10.3. The molecule has 130 valence electrons. The first kappa shape index (κ1) is 15.2. The Kier molecular flexibility index (Phi) is 3.58. The number of hydrogen-bond acceptors (Lipinski definition) is 3. The summed E-state index contributed by atoms with van der Waals surface area (Å²) in [6, 6.07) is 2.08. The Morgan fingerprint density at radius 3 is 2.43 bits per heavy atom. The Balaban J connectivity index is 1.50. The summed E-state index contributed by atoms with van der Waals surface area (Å²) in [5.41, 5.74) is 0. The van der Waals surface area contributed by atoms with Crippen LogP contribution in [0, 0.1) is 23.7 Å². The van der Waals surface area contributed by atoms with E-state index in [0.717, 1.165) is 42.6 Å². The van der Waals surface area contributed by atoms with Gasteiger partial charge >= 0.3 is 0 Å². The summed E-state index contributed by atoms with van der Waals surface area (Å²) < 4.78 is 6.74. The van der Waals surface area contributed by atoms with Gasteiger partial charge in [0.15, 0.2) is 0 Å². The van der Waals surface area contributed by atoms with Gasteiger partial charge in [0.2, 0.25) is 0 Å². The maximum absolute atomic E-state index is 10.3. The first-order valence-electron chi connectivity index (χ1n) is 10.2. The molecule has 5 fully saturated rings. The standard InChI is InChI=1S/C20H33NO2/c1-11-3-5-17-18(8-11)23-19-9-12(2)7-15-14-10-13(22)4-6-16(14)21(17)20(15)19/h11-20,22H,3-10H2,1-2H3. The second-order valence-electron chi connectivity index (χ2n) is 9.57. The molecule has 5 rings (SSSR count). The van der Waals surface area contributed by atoms with Crippen LogP contribution >= 0.6 is 0 Å². The van der Waals surface area contributed by atoms with E-state index in [0.29, 0.717) is 24.3 Å². The van der Waals surface area contributed by atoms with Crippen LogP contribution in [0.25, 0.3) is 0 Å². The average molecular weight is 319 g/mol. The molecule has 2 heterocycles. The van der Waals surface area contributed by atoms with Gasteiger partial charge < -0.3 is 9.84 Å². The third-order valence-corrected chi connectivity index (χ3v) is 7.99. The highest BCUT2D eigenvalue weighted by molar-refractivity contribution is 5.13. The monoisotopic (exact) mass is 319 g/mol. The molecule has 3 aliphatic carbocycles. The molecular weight excluding hydrogens is 286 g/mol. The van der Waals surface area contributed by atoms with Crippen LogP contribution in [0.3, 0.4) is 0 Å². The first-order chi connectivity index (χ1) is 11.1. The second kappa shape index (κ2) is 5.44. The van der Waals surface area contributed by atoms with Gasteiger partial charge in [-0.25, -0.2) is 0 Å². The lowest BCUT2D eigenvalue weighted by Crippen LogP contribution is -2.64. The van der Waals surface area contributed by atoms with Gasteiger partial charge in [0.25, 0.3) is 0 Å². The van der Waals surface area contributed by atoms with Gasteiger partial charge in [0.1, 0.15) is 0 Å². The van der Waals surface area contributed by atoms with E-state index in [1.807, 2.05) is 0 Å². The third-order valence-electron chi connectivity index (χ3n) is 7.99. The number of aliphatic hydroxyl groups excluding tert-OH is 1. The van der Waals surface area contributed by atoms with E-state index in [9.17, 15) is 5.11 Å². The van der Waals surface area contributed by atoms with Crippen molar-refractivity contribution in [3.8, 4) is 0 Å². The lowest BCUT2D eigenvalue weighted by atomic mass is 9.69. The van der Waals surface area contributed by atoms with Gasteiger partial charge in [0.05, 0.1) is 18.3 Å². The Morgan fingerprint density at radius 1 is 0.783 bits per heavy atom. The summed E-state index contributed by atoms with van der Waals surface area (Å²) in [7, 11) is 0. The molecule has 0 aromatic rings. The van der Waals surface area contributed by atoms with Crippen molar-refractivity contribution in [3.05, 3.63) is 0 Å². The number of ether oxygens (including phenoxy) is 1. The van der Waals surface area contributed by atoms with Gasteiger partial charge in [-0.15, -0.1) is 0 Å². The molecule has 23 heavy (non-hydrogen) atoms. The van der Waals surface area contributed by atoms with Crippen LogP contribution in [0.1, 0.15) is 65.2 Å². The fourth-order valence-electron chi connectivity index (χ4n) is 7.20. The molecule has 3 heteroatoms. The molecule has 5 aliphatic rings. The molecule has 0 radical (unpaired) electrons. The number of rotatable bonds is 0. The summed E-state index contributed by atoms with van der Waals surface area (Å²) in [5.74, 6) is 3.13. The molecule has 0 spiro atoms. The van der Waals surface area contributed by atoms with E-state index in [1.54, 1.807) is 0 Å². The molecular formula is C20H33NO2. The van der Waals surface area contributed by atoms with Crippen molar-refractivity contribution < 1.29 is 9.84 Å². The van der Waals surface area contributed by atoms with Crippen molar-refractivity contribution in [1.82, 2.24) is 4.90 Å². The molecule has 0 bridgehead atoms. The van der Waals surface area contributed by atoms with Crippen molar-refractivity contribution in [1.29, 1.82) is 0 Å². The lowest BCUT2D eigenvalue weighted by Gasteiger charge is -2.55. The van der Waals surface area contributed by atoms with Crippen molar-refractivity contribution >= 4 is 0 Å². The molecule has 2 saturated heterocycles. The second-order valence-corrected chi connectivity index (χ2v) is 9.57. The SMILES string of the molecule is CC1CCC2C(C1)OC1CC(C)CC3C4CC(O)CCC4N2C13. The summed E-state index contributed by atoms with van der Waals surface area (Å²) in [6.45, 7) is 4.83.